The van der Waals surface area contributed by atoms with Gasteiger partial charge in [-0.1, -0.05) is 27.7 Å². The van der Waals surface area contributed by atoms with E-state index in [9.17, 15) is 34.8 Å². The molecular formula is C25H45NO13. The van der Waals surface area contributed by atoms with Gasteiger partial charge in [0.05, 0.1) is 58.0 Å². The van der Waals surface area contributed by atoms with Gasteiger partial charge >= 0.3 is 11.9 Å². The van der Waals surface area contributed by atoms with Gasteiger partial charge in [-0.3, -0.25) is 14.4 Å². The summed E-state index contributed by atoms with van der Waals surface area (Å²) in [7, 11) is 1.53. The Hall–Kier alpha value is -1.91. The van der Waals surface area contributed by atoms with Gasteiger partial charge in [0, 0.05) is 13.5 Å². The van der Waals surface area contributed by atoms with Crippen molar-refractivity contribution in [3.8, 4) is 0 Å². The molecule has 228 valence electrons. The Morgan fingerprint density at radius 1 is 1.15 bits per heavy atom. The quantitative estimate of drug-likeness (QED) is 0.0543. The van der Waals surface area contributed by atoms with Crippen LogP contribution in [0.4, 0.5) is 0 Å². The van der Waals surface area contributed by atoms with Crippen LogP contribution < -0.4 is 5.32 Å². The first-order valence-corrected chi connectivity index (χ1v) is 12.9. The molecule has 14 heteroatoms. The molecule has 0 aliphatic carbocycles. The van der Waals surface area contributed by atoms with Crippen molar-refractivity contribution in [3.05, 3.63) is 0 Å². The fourth-order valence-corrected chi connectivity index (χ4v) is 3.46. The average Bonchev–Trinajstić information content (AvgIpc) is 2.89. The van der Waals surface area contributed by atoms with Crippen LogP contribution >= 0.6 is 0 Å². The molecule has 0 saturated carbocycles. The zero-order valence-electron chi connectivity index (χ0n) is 23.4. The van der Waals surface area contributed by atoms with Crippen LogP contribution in [-0.4, -0.2) is 122 Å². The lowest BCUT2D eigenvalue weighted by molar-refractivity contribution is -0.414. The predicted octanol–water partition coefficient (Wildman–Crippen LogP) is -1.15. The Morgan fingerprint density at radius 3 is 2.41 bits per heavy atom. The molecule has 6 unspecified atom stereocenters. The molecule has 0 aromatic carbocycles. The molecule has 1 fully saturated rings. The average molecular weight is 568 g/mol. The maximum atomic E-state index is 12.6. The number of aliphatic hydroxyl groups is 4. The second kappa shape index (κ2) is 17.0. The number of esters is 1. The monoisotopic (exact) mass is 567 g/mol. The smallest absolute Gasteiger partial charge is 0.332 e. The Kier molecular flexibility index (Phi) is 15.3. The van der Waals surface area contributed by atoms with E-state index in [1.165, 1.54) is 7.11 Å². The van der Waals surface area contributed by atoms with Crippen molar-refractivity contribution in [3.63, 3.8) is 0 Å². The Balaban J connectivity index is 2.89. The molecule has 1 saturated heterocycles. The molecule has 0 spiro atoms. The summed E-state index contributed by atoms with van der Waals surface area (Å²) in [5.41, 5.74) is -0.401. The number of aliphatic hydroxyl groups excluding tert-OH is 4. The SMILES string of the molecule is COCCOCCOC(=O)CCC(=O)NC1C(O)CC(OC=O)(OCC(C)(C)C(C)C)OC1C(O)C(O)CO. The highest BCUT2D eigenvalue weighted by atomic mass is 16.9. The third-order valence-electron chi connectivity index (χ3n) is 6.72. The van der Waals surface area contributed by atoms with Gasteiger partial charge in [0.25, 0.3) is 6.47 Å². The summed E-state index contributed by atoms with van der Waals surface area (Å²) in [4.78, 5) is 35.8. The van der Waals surface area contributed by atoms with E-state index in [1.807, 2.05) is 27.7 Å². The van der Waals surface area contributed by atoms with E-state index < -0.39 is 66.8 Å². The summed E-state index contributed by atoms with van der Waals surface area (Å²) in [5.74, 6) is -3.31. The van der Waals surface area contributed by atoms with Gasteiger partial charge in [-0.15, -0.1) is 0 Å². The van der Waals surface area contributed by atoms with Crippen LogP contribution in [0.3, 0.4) is 0 Å². The molecule has 1 aliphatic rings. The molecule has 0 aromatic heterocycles. The first-order chi connectivity index (χ1) is 18.3. The number of ether oxygens (including phenoxy) is 6. The van der Waals surface area contributed by atoms with Gasteiger partial charge in [0.15, 0.2) is 0 Å². The van der Waals surface area contributed by atoms with Gasteiger partial charge in [0.1, 0.15) is 24.9 Å². The number of methoxy groups -OCH3 is 1. The van der Waals surface area contributed by atoms with E-state index in [-0.39, 0.29) is 45.1 Å². The van der Waals surface area contributed by atoms with Crippen molar-refractivity contribution in [2.45, 2.75) is 83.4 Å². The van der Waals surface area contributed by atoms with E-state index in [0.29, 0.717) is 13.2 Å². The summed E-state index contributed by atoms with van der Waals surface area (Å²) in [6.07, 6.45) is -7.62. The zero-order chi connectivity index (χ0) is 29.6. The number of hydrogen-bond donors (Lipinski definition) is 5. The minimum atomic E-state index is -2.13. The van der Waals surface area contributed by atoms with Crippen molar-refractivity contribution in [2.75, 3.05) is 46.8 Å². The fraction of sp³-hybridized carbons (Fsp3) is 0.880. The summed E-state index contributed by atoms with van der Waals surface area (Å²) in [5, 5.41) is 43.5. The van der Waals surface area contributed by atoms with Gasteiger partial charge in [-0.05, 0) is 11.3 Å². The van der Waals surface area contributed by atoms with Crippen LogP contribution in [0.25, 0.3) is 0 Å². The molecule has 0 radical (unpaired) electrons. The number of carbonyl (C=O) groups excluding carboxylic acids is 3. The second-order valence-electron chi connectivity index (χ2n) is 10.3. The number of nitrogens with one attached hydrogen (secondary N) is 1. The van der Waals surface area contributed by atoms with E-state index in [1.54, 1.807) is 0 Å². The van der Waals surface area contributed by atoms with Crippen LogP contribution in [0.5, 0.6) is 0 Å². The third-order valence-corrected chi connectivity index (χ3v) is 6.72. The first-order valence-electron chi connectivity index (χ1n) is 12.9. The molecule has 6 atom stereocenters. The van der Waals surface area contributed by atoms with E-state index in [4.69, 9.17) is 28.4 Å². The van der Waals surface area contributed by atoms with Gasteiger partial charge in [-0.2, -0.15) is 0 Å². The van der Waals surface area contributed by atoms with Crippen molar-refractivity contribution in [1.29, 1.82) is 0 Å². The maximum Gasteiger partial charge on any atom is 0.332 e. The minimum absolute atomic E-state index is 0.000903. The highest BCUT2D eigenvalue weighted by Crippen LogP contribution is 2.36. The maximum absolute atomic E-state index is 12.6. The lowest BCUT2D eigenvalue weighted by Crippen LogP contribution is -2.67. The van der Waals surface area contributed by atoms with Gasteiger partial charge in [0.2, 0.25) is 5.91 Å². The number of carbonyl (C=O) groups is 3. The van der Waals surface area contributed by atoms with Crippen molar-refractivity contribution in [1.82, 2.24) is 5.32 Å². The van der Waals surface area contributed by atoms with E-state index in [0.717, 1.165) is 0 Å². The number of hydrogen-bond acceptors (Lipinski definition) is 13. The molecule has 0 aromatic rings. The summed E-state index contributed by atoms with van der Waals surface area (Å²) >= 11 is 0. The van der Waals surface area contributed by atoms with Crippen LogP contribution in [-0.2, 0) is 42.8 Å². The molecular weight excluding hydrogens is 522 g/mol. The second-order valence-corrected chi connectivity index (χ2v) is 10.3. The lowest BCUT2D eigenvalue weighted by Gasteiger charge is -2.47. The summed E-state index contributed by atoms with van der Waals surface area (Å²) < 4.78 is 31.7. The van der Waals surface area contributed by atoms with E-state index in [2.05, 4.69) is 5.32 Å². The van der Waals surface area contributed by atoms with Crippen LogP contribution in [0.2, 0.25) is 0 Å². The zero-order valence-corrected chi connectivity index (χ0v) is 23.4. The van der Waals surface area contributed by atoms with Crippen molar-refractivity contribution >= 4 is 18.3 Å². The van der Waals surface area contributed by atoms with E-state index >= 15 is 0 Å². The Bertz CT molecular complexity index is 749. The predicted molar refractivity (Wildman–Crippen MR) is 134 cm³/mol. The van der Waals surface area contributed by atoms with Crippen LogP contribution in [0, 0.1) is 11.3 Å². The first kappa shape index (κ1) is 35.1. The summed E-state index contributed by atoms with van der Waals surface area (Å²) in [6, 6.07) is -1.32. The Labute approximate surface area is 228 Å². The molecule has 0 bridgehead atoms. The topological polar surface area (TPSA) is 200 Å². The molecule has 39 heavy (non-hydrogen) atoms. The highest BCUT2D eigenvalue weighted by Gasteiger charge is 2.54. The normalized spacial score (nSPS) is 25.1. The molecule has 1 aliphatic heterocycles. The molecule has 1 amide bonds. The van der Waals surface area contributed by atoms with Crippen molar-refractivity contribution < 1.29 is 63.2 Å². The summed E-state index contributed by atoms with van der Waals surface area (Å²) in [6.45, 7) is 7.92. The fourth-order valence-electron chi connectivity index (χ4n) is 3.46. The lowest BCUT2D eigenvalue weighted by atomic mass is 9.82. The number of amides is 1. The third kappa shape index (κ3) is 11.6. The minimum Gasteiger partial charge on any atom is -0.463 e. The van der Waals surface area contributed by atoms with Gasteiger partial charge in [-0.25, -0.2) is 0 Å². The molecule has 1 heterocycles. The molecule has 5 N–H and O–H groups in total. The Morgan fingerprint density at radius 2 is 1.82 bits per heavy atom. The van der Waals surface area contributed by atoms with Crippen LogP contribution in [0.15, 0.2) is 0 Å². The standard InChI is InChI=1S/C25H45NO13/c1-16(2)24(3,4)14-37-25(38-15-28)12-17(29)21(23(39-25)22(33)18(30)13-27)26-19(31)6-7-20(32)36-11-10-35-9-8-34-5/h15-18,21-23,27,29-30,33H,6-14H2,1-5H3,(H,26,31). The highest BCUT2D eigenvalue weighted by molar-refractivity contribution is 5.81. The number of rotatable bonds is 19. The molecule has 14 nitrogen and oxygen atoms in total. The van der Waals surface area contributed by atoms with Crippen LogP contribution in [0.1, 0.15) is 47.0 Å². The molecule has 1 rings (SSSR count). The van der Waals surface area contributed by atoms with Crippen molar-refractivity contribution in [2.24, 2.45) is 11.3 Å². The largest absolute Gasteiger partial charge is 0.463 e. The van der Waals surface area contributed by atoms with Gasteiger partial charge < -0.3 is 54.2 Å².